The Labute approximate surface area is 277 Å². The predicted octanol–water partition coefficient (Wildman–Crippen LogP) is 6.74. The Morgan fingerprint density at radius 2 is 1.64 bits per heavy atom. The molecule has 0 radical (unpaired) electrons. The lowest BCUT2D eigenvalue weighted by molar-refractivity contribution is -0.276. The summed E-state index contributed by atoms with van der Waals surface area (Å²) in [4.78, 5) is 24.4. The number of benzene rings is 3. The van der Waals surface area contributed by atoms with Gasteiger partial charge in [0.1, 0.15) is 5.69 Å². The summed E-state index contributed by atoms with van der Waals surface area (Å²) in [5.41, 5.74) is 6.35. The number of aliphatic hydroxyl groups is 1. The van der Waals surface area contributed by atoms with E-state index < -0.39 is 6.29 Å². The van der Waals surface area contributed by atoms with Crippen molar-refractivity contribution in [2.24, 2.45) is 16.7 Å². The van der Waals surface area contributed by atoms with Crippen molar-refractivity contribution < 1.29 is 19.4 Å². The fourth-order valence-electron chi connectivity index (χ4n) is 8.48. The molecular formula is C39H46N4O4. The third kappa shape index (κ3) is 6.83. The standard InChI is InChI=1S/C39H46N4O4/c1-25-34(21-43-24-39(4)18-30(43)17-38(2,3)23-39)46-37(47-35(25)28-13-11-27(22-44)12-14-28)29-15-9-26(10-16-29)19-41-36(45)33-20-40-31-7-5-6-8-32(31)42-33/h5-16,20,25,30,34-35,37,44H,17-19,21-24H2,1-4H3,(H,41,45)/t25-,30?,34+,35+,37+,39?/m0/s1. The molecule has 2 unspecified atom stereocenters. The zero-order valence-corrected chi connectivity index (χ0v) is 27.9. The van der Waals surface area contributed by atoms with Crippen LogP contribution in [0.1, 0.15) is 92.1 Å². The number of hydrogen-bond donors (Lipinski definition) is 2. The highest BCUT2D eigenvalue weighted by atomic mass is 16.7. The Hall–Kier alpha value is -3.69. The molecule has 8 heteroatoms. The average Bonchev–Trinajstić information content (AvgIpc) is 3.31. The summed E-state index contributed by atoms with van der Waals surface area (Å²) in [5, 5.41) is 12.6. The lowest BCUT2D eigenvalue weighted by Gasteiger charge is -2.43. The fourth-order valence-corrected chi connectivity index (χ4v) is 8.48. The maximum Gasteiger partial charge on any atom is 0.271 e. The fraction of sp³-hybridized carbons (Fsp3) is 0.462. The number of carbonyl (C=O) groups excluding carboxylic acids is 1. The van der Waals surface area contributed by atoms with Crippen molar-refractivity contribution in [3.05, 3.63) is 107 Å². The molecule has 8 nitrogen and oxygen atoms in total. The van der Waals surface area contributed by atoms with Gasteiger partial charge >= 0.3 is 0 Å². The number of hydrogen-bond acceptors (Lipinski definition) is 7. The van der Waals surface area contributed by atoms with E-state index in [9.17, 15) is 9.90 Å². The van der Waals surface area contributed by atoms with Crippen LogP contribution in [-0.4, -0.2) is 51.1 Å². The average molecular weight is 635 g/mol. The van der Waals surface area contributed by atoms with E-state index in [2.05, 4.69) is 60.0 Å². The molecule has 1 amide bonds. The van der Waals surface area contributed by atoms with Crippen LogP contribution in [0.15, 0.2) is 79.0 Å². The highest BCUT2D eigenvalue weighted by molar-refractivity contribution is 5.93. The lowest BCUT2D eigenvalue weighted by Crippen LogP contribution is -2.46. The zero-order chi connectivity index (χ0) is 32.8. The number of rotatable bonds is 8. The maximum atomic E-state index is 12.8. The van der Waals surface area contributed by atoms with Crippen LogP contribution in [-0.2, 0) is 22.6 Å². The van der Waals surface area contributed by atoms with Gasteiger partial charge in [0, 0.05) is 37.2 Å². The first-order valence-corrected chi connectivity index (χ1v) is 16.9. The minimum Gasteiger partial charge on any atom is -0.392 e. The molecule has 2 aliphatic heterocycles. The molecule has 1 saturated carbocycles. The van der Waals surface area contributed by atoms with Crippen molar-refractivity contribution >= 4 is 16.9 Å². The summed E-state index contributed by atoms with van der Waals surface area (Å²) in [7, 11) is 0. The van der Waals surface area contributed by atoms with E-state index in [4.69, 9.17) is 9.47 Å². The van der Waals surface area contributed by atoms with Gasteiger partial charge in [0.15, 0.2) is 6.29 Å². The molecule has 2 N–H and O–H groups in total. The van der Waals surface area contributed by atoms with E-state index in [1.54, 1.807) is 0 Å². The Morgan fingerprint density at radius 1 is 0.936 bits per heavy atom. The second-order valence-corrected chi connectivity index (χ2v) is 15.1. The van der Waals surface area contributed by atoms with Gasteiger partial charge in [-0.15, -0.1) is 0 Å². The number of nitrogens with one attached hydrogen (secondary N) is 1. The molecule has 2 saturated heterocycles. The van der Waals surface area contributed by atoms with Gasteiger partial charge in [-0.25, -0.2) is 4.98 Å². The molecular weight excluding hydrogens is 588 g/mol. The second-order valence-electron chi connectivity index (χ2n) is 15.1. The maximum absolute atomic E-state index is 12.8. The van der Waals surface area contributed by atoms with Gasteiger partial charge in [-0.1, -0.05) is 88.4 Å². The summed E-state index contributed by atoms with van der Waals surface area (Å²) in [6.45, 7) is 11.9. The van der Waals surface area contributed by atoms with E-state index >= 15 is 0 Å². The van der Waals surface area contributed by atoms with E-state index in [-0.39, 0.29) is 30.6 Å². The number of amides is 1. The summed E-state index contributed by atoms with van der Waals surface area (Å²) < 4.78 is 13.5. The molecule has 3 aliphatic rings. The summed E-state index contributed by atoms with van der Waals surface area (Å²) >= 11 is 0. The Kier molecular flexibility index (Phi) is 8.64. The smallest absolute Gasteiger partial charge is 0.271 e. The molecule has 0 spiro atoms. The van der Waals surface area contributed by atoms with Crippen LogP contribution < -0.4 is 5.32 Å². The van der Waals surface area contributed by atoms with Gasteiger partial charge < -0.3 is 19.9 Å². The number of fused-ring (bicyclic) bond motifs is 3. The molecule has 47 heavy (non-hydrogen) atoms. The largest absolute Gasteiger partial charge is 0.392 e. The van der Waals surface area contributed by atoms with Crippen molar-refractivity contribution in [1.29, 1.82) is 0 Å². The van der Waals surface area contributed by atoms with Crippen LogP contribution in [0.4, 0.5) is 0 Å². The predicted molar refractivity (Wildman–Crippen MR) is 181 cm³/mol. The minimum atomic E-state index is -0.524. The van der Waals surface area contributed by atoms with Gasteiger partial charge in [0.2, 0.25) is 0 Å². The third-order valence-corrected chi connectivity index (χ3v) is 10.4. The minimum absolute atomic E-state index is 0.00985. The Morgan fingerprint density at radius 3 is 2.38 bits per heavy atom. The highest BCUT2D eigenvalue weighted by Crippen LogP contribution is 2.53. The van der Waals surface area contributed by atoms with Gasteiger partial charge in [0.05, 0.1) is 36.0 Å². The van der Waals surface area contributed by atoms with E-state index in [1.807, 2.05) is 60.7 Å². The topological polar surface area (TPSA) is 96.8 Å². The third-order valence-electron chi connectivity index (χ3n) is 10.4. The van der Waals surface area contributed by atoms with Crippen LogP contribution in [0.5, 0.6) is 0 Å². The molecule has 4 aromatic rings. The Bertz CT molecular complexity index is 1730. The van der Waals surface area contributed by atoms with E-state index in [0.29, 0.717) is 34.6 Å². The molecule has 246 valence electrons. The van der Waals surface area contributed by atoms with Crippen molar-refractivity contribution in [3.8, 4) is 0 Å². The second kappa shape index (κ2) is 12.7. The molecule has 1 aliphatic carbocycles. The number of ether oxygens (including phenoxy) is 2. The number of carbonyl (C=O) groups is 1. The molecule has 1 aromatic heterocycles. The summed E-state index contributed by atoms with van der Waals surface area (Å²) in [6.07, 6.45) is 4.58. The molecule has 3 fully saturated rings. The van der Waals surface area contributed by atoms with Crippen LogP contribution >= 0.6 is 0 Å². The monoisotopic (exact) mass is 634 g/mol. The van der Waals surface area contributed by atoms with Crippen LogP contribution in [0.3, 0.4) is 0 Å². The number of aromatic nitrogens is 2. The first-order valence-electron chi connectivity index (χ1n) is 16.9. The number of aliphatic hydroxyl groups excluding tert-OH is 1. The number of nitrogens with zero attached hydrogens (tertiary/aromatic N) is 3. The molecule has 7 rings (SSSR count). The number of likely N-dealkylation sites (tertiary alicyclic amines) is 1. The lowest BCUT2D eigenvalue weighted by atomic mass is 9.65. The summed E-state index contributed by atoms with van der Waals surface area (Å²) in [5.74, 6) is -0.123. The van der Waals surface area contributed by atoms with Crippen LogP contribution in [0.25, 0.3) is 11.0 Å². The molecule has 3 aromatic carbocycles. The highest BCUT2D eigenvalue weighted by Gasteiger charge is 2.51. The SMILES string of the molecule is C[C@H]1[C@@H](CN2CC3(C)CC2CC(C)(C)C3)O[C@@H](c2ccc(CNC(=O)c3cnc4ccccc4n3)cc2)O[C@H]1c1ccc(CO)cc1. The number of para-hydroxylation sites is 2. The van der Waals surface area contributed by atoms with Crippen molar-refractivity contribution in [3.63, 3.8) is 0 Å². The zero-order valence-electron chi connectivity index (χ0n) is 27.9. The van der Waals surface area contributed by atoms with E-state index in [0.717, 1.165) is 40.9 Å². The van der Waals surface area contributed by atoms with Crippen molar-refractivity contribution in [2.45, 2.75) is 84.6 Å². The summed E-state index contributed by atoms with van der Waals surface area (Å²) in [6, 6.07) is 24.3. The van der Waals surface area contributed by atoms with Crippen LogP contribution in [0, 0.1) is 16.7 Å². The van der Waals surface area contributed by atoms with Crippen molar-refractivity contribution in [2.75, 3.05) is 13.1 Å². The molecule has 2 bridgehead atoms. The van der Waals surface area contributed by atoms with E-state index in [1.165, 1.54) is 25.5 Å². The Balaban J connectivity index is 1.07. The van der Waals surface area contributed by atoms with Crippen molar-refractivity contribution in [1.82, 2.24) is 20.2 Å². The van der Waals surface area contributed by atoms with Gasteiger partial charge in [-0.3, -0.25) is 14.7 Å². The van der Waals surface area contributed by atoms with Gasteiger partial charge in [0.25, 0.3) is 5.91 Å². The quantitative estimate of drug-likeness (QED) is 0.222. The van der Waals surface area contributed by atoms with Crippen LogP contribution in [0.2, 0.25) is 0 Å². The molecule has 6 atom stereocenters. The van der Waals surface area contributed by atoms with Gasteiger partial charge in [-0.05, 0) is 58.9 Å². The first kappa shape index (κ1) is 31.9. The first-order chi connectivity index (χ1) is 22.6. The normalized spacial score (nSPS) is 28.7. The van der Waals surface area contributed by atoms with Gasteiger partial charge in [-0.2, -0.15) is 0 Å². The molecule has 3 heterocycles.